The molecule has 0 aromatic heterocycles. The third-order valence-corrected chi connectivity index (χ3v) is 3.80. The summed E-state index contributed by atoms with van der Waals surface area (Å²) in [5, 5.41) is 12.2. The summed E-state index contributed by atoms with van der Waals surface area (Å²) < 4.78 is 58.8. The highest BCUT2D eigenvalue weighted by Crippen LogP contribution is 2.30. The van der Waals surface area contributed by atoms with Gasteiger partial charge >= 0.3 is 17.8 Å². The number of amides is 1. The van der Waals surface area contributed by atoms with Gasteiger partial charge in [0.15, 0.2) is 0 Å². The van der Waals surface area contributed by atoms with Gasteiger partial charge in [-0.05, 0) is 36.4 Å². The number of nitrogens with one attached hydrogen (secondary N) is 3. The molecule has 0 saturated carbocycles. The van der Waals surface area contributed by atoms with E-state index in [2.05, 4.69) is 10.2 Å². The quantitative estimate of drug-likeness (QED) is 0.203. The van der Waals surface area contributed by atoms with Crippen LogP contribution in [0.25, 0.3) is 0 Å². The number of hydrogen-bond acceptors (Lipinski definition) is 7. The zero-order chi connectivity index (χ0) is 22.5. The van der Waals surface area contributed by atoms with Crippen LogP contribution in [-0.2, 0) is 9.53 Å². The van der Waals surface area contributed by atoms with Crippen LogP contribution in [0.2, 0.25) is 0 Å². The van der Waals surface area contributed by atoms with E-state index in [0.717, 1.165) is 48.5 Å². The Hall–Kier alpha value is -3.74. The molecule has 0 heterocycles. The average molecular weight is 430 g/mol. The van der Waals surface area contributed by atoms with Crippen molar-refractivity contribution in [3.05, 3.63) is 70.0 Å². The minimum Gasteiger partial charge on any atom is -0.466 e. The van der Waals surface area contributed by atoms with Gasteiger partial charge in [-0.1, -0.05) is 0 Å². The molecule has 0 saturated heterocycles. The summed E-state index contributed by atoms with van der Waals surface area (Å²) in [7, 11) is 0.681. The van der Waals surface area contributed by atoms with Gasteiger partial charge in [0.2, 0.25) is 0 Å². The van der Waals surface area contributed by atoms with Crippen molar-refractivity contribution in [3.8, 4) is 0 Å². The molecule has 1 atom stereocenters. The summed E-state index contributed by atoms with van der Waals surface area (Å²) >= 11 is 0. The molecule has 2 rings (SSSR count). The normalized spacial score (nSPS) is 13.1. The van der Waals surface area contributed by atoms with Gasteiger partial charge in [0, 0.05) is 23.4 Å². The molecule has 0 unspecified atom stereocenters. The van der Waals surface area contributed by atoms with Gasteiger partial charge in [-0.2, -0.15) is 18.6 Å². The fourth-order valence-corrected chi connectivity index (χ4v) is 2.22. The average Bonchev–Trinajstić information content (AvgIpc) is 2.70. The number of nitro benzene ring substituents is 1. The van der Waals surface area contributed by atoms with Gasteiger partial charge in [-0.3, -0.25) is 14.9 Å². The van der Waals surface area contributed by atoms with Crippen LogP contribution in [0.1, 0.15) is 10.4 Å². The number of non-ortho nitro benzene ring substituents is 1. The second-order valence-electron chi connectivity index (χ2n) is 5.75. The van der Waals surface area contributed by atoms with E-state index < -0.39 is 34.5 Å². The smallest absolute Gasteiger partial charge is 0.438 e. The molecule has 0 aliphatic rings. The Kier molecular flexibility index (Phi) is 6.56. The Balaban J connectivity index is 2.35. The summed E-state index contributed by atoms with van der Waals surface area (Å²) in [6, 6.07) is 7.72. The van der Waals surface area contributed by atoms with Crippen LogP contribution in [0.15, 0.2) is 48.5 Å². The molecule has 0 fully saturated rings. The number of carbonyl (C=O) groups is 2. The highest BCUT2D eigenvalue weighted by Gasteiger charge is 2.63. The van der Waals surface area contributed by atoms with Gasteiger partial charge in [-0.25, -0.2) is 9.18 Å². The predicted octanol–water partition coefficient (Wildman–Crippen LogP) is 2.51. The molecular formula is C17H14F4N4O5. The Labute approximate surface area is 166 Å². The van der Waals surface area contributed by atoms with E-state index in [1.54, 1.807) is 5.43 Å². The maximum Gasteiger partial charge on any atom is 0.438 e. The lowest BCUT2D eigenvalue weighted by molar-refractivity contribution is -0.384. The van der Waals surface area contributed by atoms with E-state index in [-0.39, 0.29) is 16.9 Å². The van der Waals surface area contributed by atoms with Crippen LogP contribution in [0.5, 0.6) is 0 Å². The molecule has 2 aromatic rings. The number of ether oxygens (including phenoxy) is 1. The van der Waals surface area contributed by atoms with E-state index in [0.29, 0.717) is 7.11 Å². The van der Waals surface area contributed by atoms with Gasteiger partial charge < -0.3 is 15.5 Å². The summed E-state index contributed by atoms with van der Waals surface area (Å²) in [5.41, 5.74) is -0.758. The Morgan fingerprint density at radius 2 is 1.60 bits per heavy atom. The Morgan fingerprint density at radius 3 is 2.07 bits per heavy atom. The molecule has 2 aromatic carbocycles. The highest BCUT2D eigenvalue weighted by molar-refractivity contribution is 5.98. The number of rotatable bonds is 7. The lowest BCUT2D eigenvalue weighted by atomic mass is 10.1. The van der Waals surface area contributed by atoms with Crippen molar-refractivity contribution in [3.63, 3.8) is 0 Å². The number of hydrogen-bond donors (Lipinski definition) is 3. The number of nitrogens with zero attached hydrogens (tertiary/aromatic N) is 1. The minimum atomic E-state index is -5.40. The van der Waals surface area contributed by atoms with E-state index in [9.17, 15) is 37.3 Å². The zero-order valence-electron chi connectivity index (χ0n) is 15.1. The van der Waals surface area contributed by atoms with E-state index in [1.165, 1.54) is 5.32 Å². The SMILES string of the molecule is COC(=O)[C@@](NNc1ccc([N+](=O)[O-])cc1)(NC(=O)c1ccc(F)cc1)C(F)(F)F. The van der Waals surface area contributed by atoms with Crippen LogP contribution >= 0.6 is 0 Å². The van der Waals surface area contributed by atoms with Gasteiger partial charge in [0.1, 0.15) is 5.82 Å². The molecule has 3 N–H and O–H groups in total. The lowest BCUT2D eigenvalue weighted by Gasteiger charge is -2.34. The molecule has 160 valence electrons. The fourth-order valence-electron chi connectivity index (χ4n) is 2.22. The lowest BCUT2D eigenvalue weighted by Crippen LogP contribution is -2.73. The van der Waals surface area contributed by atoms with Gasteiger partial charge in [0.05, 0.1) is 12.0 Å². The number of esters is 1. The standard InChI is InChI=1S/C17H14F4N4O5/c1-30-15(27)16(17(19,20)21,22-14(26)10-2-4-11(18)5-3-10)24-23-12-6-8-13(9-7-12)25(28)29/h2-9,23-24H,1H3,(H,22,26)/t16-/m0/s1. The van der Waals surface area contributed by atoms with Crippen LogP contribution in [0, 0.1) is 15.9 Å². The first kappa shape index (κ1) is 22.5. The van der Waals surface area contributed by atoms with Crippen molar-refractivity contribution in [1.29, 1.82) is 0 Å². The van der Waals surface area contributed by atoms with E-state index >= 15 is 0 Å². The molecule has 1 amide bonds. The van der Waals surface area contributed by atoms with Crippen LogP contribution in [0.3, 0.4) is 0 Å². The number of hydrazine groups is 1. The largest absolute Gasteiger partial charge is 0.466 e. The number of alkyl halides is 3. The molecule has 30 heavy (non-hydrogen) atoms. The number of anilines is 1. The van der Waals surface area contributed by atoms with E-state index in [1.807, 2.05) is 0 Å². The van der Waals surface area contributed by atoms with Crippen LogP contribution in [-0.4, -0.2) is 35.7 Å². The molecule has 0 radical (unpaired) electrons. The van der Waals surface area contributed by atoms with E-state index in [4.69, 9.17) is 0 Å². The maximum absolute atomic E-state index is 13.9. The molecule has 0 spiro atoms. The molecular weight excluding hydrogens is 416 g/mol. The first-order chi connectivity index (χ1) is 14.0. The number of halogens is 4. The van der Waals surface area contributed by atoms with Crippen molar-refractivity contribution in [1.82, 2.24) is 10.7 Å². The number of carbonyl (C=O) groups excluding carboxylic acids is 2. The molecule has 9 nitrogen and oxygen atoms in total. The predicted molar refractivity (Wildman–Crippen MR) is 94.5 cm³/mol. The zero-order valence-corrected chi connectivity index (χ0v) is 15.1. The first-order valence-corrected chi connectivity index (χ1v) is 8.01. The van der Waals surface area contributed by atoms with Crippen molar-refractivity contribution in [2.45, 2.75) is 11.8 Å². The monoisotopic (exact) mass is 430 g/mol. The minimum absolute atomic E-state index is 0.0887. The molecule has 0 aliphatic carbocycles. The number of benzene rings is 2. The van der Waals surface area contributed by atoms with Crippen LogP contribution < -0.4 is 16.2 Å². The summed E-state index contributed by atoms with van der Waals surface area (Å²) in [6.07, 6.45) is -5.40. The third-order valence-electron chi connectivity index (χ3n) is 3.80. The maximum atomic E-state index is 13.9. The first-order valence-electron chi connectivity index (χ1n) is 8.01. The van der Waals surface area contributed by atoms with Crippen LogP contribution in [0.4, 0.5) is 28.9 Å². The topological polar surface area (TPSA) is 123 Å². The number of nitro groups is 1. The Bertz CT molecular complexity index is 935. The van der Waals surface area contributed by atoms with Gasteiger partial charge in [-0.15, -0.1) is 0 Å². The van der Waals surface area contributed by atoms with Crippen molar-refractivity contribution < 1.29 is 36.8 Å². The Morgan fingerprint density at radius 1 is 1.03 bits per heavy atom. The van der Waals surface area contributed by atoms with Crippen molar-refractivity contribution in [2.75, 3.05) is 12.5 Å². The highest BCUT2D eigenvalue weighted by atomic mass is 19.4. The van der Waals surface area contributed by atoms with Gasteiger partial charge in [0.25, 0.3) is 11.6 Å². The molecule has 0 bridgehead atoms. The fraction of sp³-hybridized carbons (Fsp3) is 0.176. The number of methoxy groups -OCH3 is 1. The molecule has 0 aliphatic heterocycles. The van der Waals surface area contributed by atoms with Crippen molar-refractivity contribution in [2.24, 2.45) is 0 Å². The summed E-state index contributed by atoms with van der Waals surface area (Å²) in [5.74, 6) is -3.98. The summed E-state index contributed by atoms with van der Waals surface area (Å²) in [4.78, 5) is 34.3. The molecule has 13 heteroatoms. The second kappa shape index (κ2) is 8.73. The summed E-state index contributed by atoms with van der Waals surface area (Å²) in [6.45, 7) is 0. The third kappa shape index (κ3) is 4.81. The second-order valence-corrected chi connectivity index (χ2v) is 5.75. The van der Waals surface area contributed by atoms with Crippen molar-refractivity contribution >= 4 is 23.3 Å².